The van der Waals surface area contributed by atoms with Crippen molar-refractivity contribution in [2.45, 2.75) is 17.9 Å². The predicted molar refractivity (Wildman–Crippen MR) is 73.8 cm³/mol. The van der Waals surface area contributed by atoms with Gasteiger partial charge in [-0.2, -0.15) is 0 Å². The summed E-state index contributed by atoms with van der Waals surface area (Å²) < 4.78 is 27.7. The molecule has 1 heterocycles. The van der Waals surface area contributed by atoms with E-state index in [-0.39, 0.29) is 17.2 Å². The van der Waals surface area contributed by atoms with Crippen LogP contribution in [0.5, 0.6) is 0 Å². The number of nitrogens with one attached hydrogen (secondary N) is 1. The second-order valence-corrected chi connectivity index (χ2v) is 6.46. The van der Waals surface area contributed by atoms with Gasteiger partial charge in [-0.05, 0) is 29.8 Å². The molecular formula is C14H15NO4S. The molecule has 0 fully saturated rings. The van der Waals surface area contributed by atoms with E-state index in [0.717, 1.165) is 11.8 Å². The number of carbonyl (C=O) groups is 1. The van der Waals surface area contributed by atoms with Gasteiger partial charge in [0.1, 0.15) is 5.76 Å². The maximum atomic E-state index is 11.7. The SMILES string of the molecule is CS(=O)(=O)c1ccc(CC(=O)NCc2ccco2)cc1. The largest absolute Gasteiger partial charge is 0.467 e. The molecule has 0 radical (unpaired) electrons. The minimum Gasteiger partial charge on any atom is -0.467 e. The fourth-order valence-electron chi connectivity index (χ4n) is 1.70. The molecule has 1 aromatic heterocycles. The van der Waals surface area contributed by atoms with E-state index >= 15 is 0 Å². The molecule has 0 aliphatic carbocycles. The molecule has 1 amide bonds. The van der Waals surface area contributed by atoms with Crippen LogP contribution in [0, 0.1) is 0 Å². The molecule has 6 heteroatoms. The van der Waals surface area contributed by atoms with Gasteiger partial charge in [0.25, 0.3) is 0 Å². The Morgan fingerprint density at radius 3 is 2.45 bits per heavy atom. The zero-order valence-corrected chi connectivity index (χ0v) is 11.8. The molecule has 0 aliphatic heterocycles. The summed E-state index contributed by atoms with van der Waals surface area (Å²) in [4.78, 5) is 12.0. The van der Waals surface area contributed by atoms with E-state index in [4.69, 9.17) is 4.42 Å². The van der Waals surface area contributed by atoms with Gasteiger partial charge in [0.05, 0.1) is 24.1 Å². The van der Waals surface area contributed by atoms with Crippen LogP contribution in [0.1, 0.15) is 11.3 Å². The monoisotopic (exact) mass is 293 g/mol. The molecule has 5 nitrogen and oxygen atoms in total. The number of sulfone groups is 1. The molecule has 0 aliphatic rings. The maximum Gasteiger partial charge on any atom is 0.224 e. The van der Waals surface area contributed by atoms with Crippen molar-refractivity contribution in [3.63, 3.8) is 0 Å². The Balaban J connectivity index is 1.91. The molecule has 0 spiro atoms. The summed E-state index contributed by atoms with van der Waals surface area (Å²) in [7, 11) is -3.20. The second kappa shape index (κ2) is 5.92. The number of carbonyl (C=O) groups excluding carboxylic acids is 1. The molecule has 0 saturated heterocycles. The van der Waals surface area contributed by atoms with E-state index in [1.807, 2.05) is 0 Å². The van der Waals surface area contributed by atoms with Gasteiger partial charge in [0, 0.05) is 6.26 Å². The summed E-state index contributed by atoms with van der Waals surface area (Å²) in [5, 5.41) is 2.73. The third-order valence-corrected chi connectivity index (χ3v) is 3.88. The minimum atomic E-state index is -3.20. The van der Waals surface area contributed by atoms with E-state index in [2.05, 4.69) is 5.32 Å². The van der Waals surface area contributed by atoms with E-state index in [1.165, 1.54) is 12.1 Å². The molecule has 2 rings (SSSR count). The van der Waals surface area contributed by atoms with Crippen LogP contribution in [0.2, 0.25) is 0 Å². The standard InChI is InChI=1S/C14H15NO4S/c1-20(17,18)13-6-4-11(5-7-13)9-14(16)15-10-12-3-2-8-19-12/h2-8H,9-10H2,1H3,(H,15,16). The van der Waals surface area contributed by atoms with E-state index in [1.54, 1.807) is 30.5 Å². The van der Waals surface area contributed by atoms with Gasteiger partial charge in [0.2, 0.25) is 5.91 Å². The first-order valence-electron chi connectivity index (χ1n) is 6.03. The predicted octanol–water partition coefficient (Wildman–Crippen LogP) is 1.54. The van der Waals surface area contributed by atoms with Gasteiger partial charge in [0.15, 0.2) is 9.84 Å². The molecule has 1 N–H and O–H groups in total. The van der Waals surface area contributed by atoms with Gasteiger partial charge >= 0.3 is 0 Å². The molecule has 20 heavy (non-hydrogen) atoms. The van der Waals surface area contributed by atoms with Crippen molar-refractivity contribution in [1.82, 2.24) is 5.32 Å². The number of hydrogen-bond acceptors (Lipinski definition) is 4. The number of benzene rings is 1. The van der Waals surface area contributed by atoms with Crippen LogP contribution >= 0.6 is 0 Å². The average molecular weight is 293 g/mol. The number of furan rings is 1. The number of rotatable bonds is 5. The molecule has 1 aromatic carbocycles. The molecular weight excluding hydrogens is 278 g/mol. The lowest BCUT2D eigenvalue weighted by molar-refractivity contribution is -0.120. The van der Waals surface area contributed by atoms with Crippen molar-refractivity contribution in [3.05, 3.63) is 54.0 Å². The Morgan fingerprint density at radius 1 is 1.20 bits per heavy atom. The van der Waals surface area contributed by atoms with Crippen LogP contribution in [-0.2, 0) is 27.6 Å². The van der Waals surface area contributed by atoms with Crippen LogP contribution in [0.25, 0.3) is 0 Å². The Morgan fingerprint density at radius 2 is 1.90 bits per heavy atom. The summed E-state index contributed by atoms with van der Waals surface area (Å²) in [5.74, 6) is 0.541. The van der Waals surface area contributed by atoms with Crippen molar-refractivity contribution in [3.8, 4) is 0 Å². The summed E-state index contributed by atoms with van der Waals surface area (Å²) in [6, 6.07) is 9.83. The highest BCUT2D eigenvalue weighted by atomic mass is 32.2. The van der Waals surface area contributed by atoms with Crippen LogP contribution in [0.3, 0.4) is 0 Å². The smallest absolute Gasteiger partial charge is 0.224 e. The lowest BCUT2D eigenvalue weighted by Crippen LogP contribution is -2.24. The first-order valence-corrected chi connectivity index (χ1v) is 7.92. The van der Waals surface area contributed by atoms with Gasteiger partial charge in [-0.1, -0.05) is 12.1 Å². The maximum absolute atomic E-state index is 11.7. The van der Waals surface area contributed by atoms with Crippen molar-refractivity contribution >= 4 is 15.7 Å². The van der Waals surface area contributed by atoms with Crippen LogP contribution in [0.15, 0.2) is 52.0 Å². The highest BCUT2D eigenvalue weighted by Crippen LogP contribution is 2.10. The summed E-state index contributed by atoms with van der Waals surface area (Å²) in [6.07, 6.45) is 2.90. The summed E-state index contributed by atoms with van der Waals surface area (Å²) >= 11 is 0. The second-order valence-electron chi connectivity index (χ2n) is 4.45. The number of amides is 1. The van der Waals surface area contributed by atoms with Crippen molar-refractivity contribution in [2.75, 3.05) is 6.26 Å². The molecule has 2 aromatic rings. The first-order chi connectivity index (χ1) is 9.45. The van der Waals surface area contributed by atoms with E-state index in [0.29, 0.717) is 12.3 Å². The van der Waals surface area contributed by atoms with Crippen LogP contribution in [0.4, 0.5) is 0 Å². The van der Waals surface area contributed by atoms with Gasteiger partial charge < -0.3 is 9.73 Å². The highest BCUT2D eigenvalue weighted by Gasteiger charge is 2.08. The quantitative estimate of drug-likeness (QED) is 0.907. The number of hydrogen-bond donors (Lipinski definition) is 1. The molecule has 106 valence electrons. The zero-order chi connectivity index (χ0) is 14.6. The van der Waals surface area contributed by atoms with Crippen molar-refractivity contribution < 1.29 is 17.6 Å². The lowest BCUT2D eigenvalue weighted by Gasteiger charge is -2.04. The summed E-state index contributed by atoms with van der Waals surface area (Å²) in [5.41, 5.74) is 0.759. The van der Waals surface area contributed by atoms with Gasteiger partial charge in [-0.3, -0.25) is 4.79 Å². The Kier molecular flexibility index (Phi) is 4.24. The lowest BCUT2D eigenvalue weighted by atomic mass is 10.1. The third-order valence-electron chi connectivity index (χ3n) is 2.76. The van der Waals surface area contributed by atoms with Crippen LogP contribution in [-0.4, -0.2) is 20.6 Å². The molecule has 0 unspecified atom stereocenters. The molecule has 0 atom stereocenters. The molecule has 0 saturated carbocycles. The minimum absolute atomic E-state index is 0.145. The fraction of sp³-hybridized carbons (Fsp3) is 0.214. The first kappa shape index (κ1) is 14.3. The summed E-state index contributed by atoms with van der Waals surface area (Å²) in [6.45, 7) is 0.341. The van der Waals surface area contributed by atoms with E-state index in [9.17, 15) is 13.2 Å². The normalized spacial score (nSPS) is 11.2. The topological polar surface area (TPSA) is 76.4 Å². The average Bonchev–Trinajstić information content (AvgIpc) is 2.89. The Hall–Kier alpha value is -2.08. The fourth-order valence-corrected chi connectivity index (χ4v) is 2.33. The zero-order valence-electron chi connectivity index (χ0n) is 11.0. The molecule has 0 bridgehead atoms. The van der Waals surface area contributed by atoms with Gasteiger partial charge in [-0.25, -0.2) is 8.42 Å². The highest BCUT2D eigenvalue weighted by molar-refractivity contribution is 7.90. The Bertz CT molecular complexity index is 672. The van der Waals surface area contributed by atoms with Crippen LogP contribution < -0.4 is 5.32 Å². The van der Waals surface area contributed by atoms with Gasteiger partial charge in [-0.15, -0.1) is 0 Å². The Labute approximate surface area is 117 Å². The van der Waals surface area contributed by atoms with Crippen molar-refractivity contribution in [1.29, 1.82) is 0 Å². The third kappa shape index (κ3) is 3.96. The van der Waals surface area contributed by atoms with Crippen molar-refractivity contribution in [2.24, 2.45) is 0 Å². The van der Waals surface area contributed by atoms with E-state index < -0.39 is 9.84 Å².